The highest BCUT2D eigenvalue weighted by Crippen LogP contribution is 2.16. The first-order valence-electron chi connectivity index (χ1n) is 5.37. The van der Waals surface area contributed by atoms with Crippen molar-refractivity contribution in [1.29, 1.82) is 0 Å². The van der Waals surface area contributed by atoms with Gasteiger partial charge >= 0.3 is 6.47 Å². The molecule has 0 atom stereocenters. The molecule has 0 spiro atoms. The largest absolute Gasteiger partial charge is 0.457 e. The molecule has 0 aromatic heterocycles. The molecule has 2 rings (SSSR count). The van der Waals surface area contributed by atoms with Crippen molar-refractivity contribution in [3.8, 4) is 0 Å². The van der Waals surface area contributed by atoms with Gasteiger partial charge in [-0.1, -0.05) is 42.5 Å². The lowest BCUT2D eigenvalue weighted by Crippen LogP contribution is -1.94. The van der Waals surface area contributed by atoms with Crippen LogP contribution in [0.5, 0.6) is 0 Å². The van der Waals surface area contributed by atoms with Crippen LogP contribution in [-0.4, -0.2) is 13.1 Å². The highest BCUT2D eigenvalue weighted by molar-refractivity contribution is 5.82. The molecule has 0 saturated carbocycles. The van der Waals surface area contributed by atoms with E-state index in [0.29, 0.717) is 6.61 Å². The van der Waals surface area contributed by atoms with Gasteiger partial charge in [0.2, 0.25) is 0 Å². The van der Waals surface area contributed by atoms with Gasteiger partial charge in [0.1, 0.15) is 0 Å². The first-order valence-corrected chi connectivity index (χ1v) is 5.37. The van der Waals surface area contributed by atoms with Crippen molar-refractivity contribution in [3.63, 3.8) is 0 Å². The third-order valence-corrected chi connectivity index (χ3v) is 2.58. The lowest BCUT2D eigenvalue weighted by atomic mass is 10.0. The van der Waals surface area contributed by atoms with Gasteiger partial charge in [-0.3, -0.25) is 0 Å². The lowest BCUT2D eigenvalue weighted by Gasteiger charge is -2.03. The molecule has 16 heavy (non-hydrogen) atoms. The molecule has 0 aliphatic carbocycles. The predicted molar refractivity (Wildman–Crippen MR) is 63.9 cm³/mol. The molecule has 81 valence electrons. The molecular formula is C14H13O2. The third kappa shape index (κ3) is 2.60. The van der Waals surface area contributed by atoms with Crippen molar-refractivity contribution in [1.82, 2.24) is 0 Å². The Hall–Kier alpha value is -1.83. The Labute approximate surface area is 94.8 Å². The van der Waals surface area contributed by atoms with Crippen LogP contribution in [0, 0.1) is 0 Å². The van der Waals surface area contributed by atoms with Crippen LogP contribution in [0.15, 0.2) is 42.5 Å². The number of rotatable bonds is 5. The van der Waals surface area contributed by atoms with E-state index in [-0.39, 0.29) is 0 Å². The molecule has 0 fully saturated rings. The number of fused-ring (bicyclic) bond motifs is 1. The molecule has 0 N–H and O–H groups in total. The van der Waals surface area contributed by atoms with Gasteiger partial charge in [-0.05, 0) is 29.2 Å². The Morgan fingerprint density at radius 1 is 1.06 bits per heavy atom. The van der Waals surface area contributed by atoms with Gasteiger partial charge in [-0.25, -0.2) is 4.79 Å². The van der Waals surface area contributed by atoms with E-state index in [1.807, 2.05) is 12.1 Å². The summed E-state index contributed by atoms with van der Waals surface area (Å²) in [5, 5.41) is 2.51. The van der Waals surface area contributed by atoms with Crippen molar-refractivity contribution in [2.24, 2.45) is 0 Å². The lowest BCUT2D eigenvalue weighted by molar-refractivity contribution is 0.273. The van der Waals surface area contributed by atoms with E-state index in [1.54, 1.807) is 0 Å². The van der Waals surface area contributed by atoms with Crippen LogP contribution in [0.25, 0.3) is 10.8 Å². The maximum atomic E-state index is 9.84. The summed E-state index contributed by atoms with van der Waals surface area (Å²) in [6, 6.07) is 14.7. The molecule has 0 aliphatic rings. The van der Waals surface area contributed by atoms with E-state index in [1.165, 1.54) is 22.8 Å². The zero-order valence-electron chi connectivity index (χ0n) is 8.98. The Morgan fingerprint density at radius 3 is 2.69 bits per heavy atom. The molecule has 0 heterocycles. The van der Waals surface area contributed by atoms with E-state index < -0.39 is 0 Å². The zero-order chi connectivity index (χ0) is 11.2. The van der Waals surface area contributed by atoms with E-state index in [0.717, 1.165) is 12.8 Å². The fourth-order valence-electron chi connectivity index (χ4n) is 1.78. The molecule has 2 aromatic rings. The van der Waals surface area contributed by atoms with Gasteiger partial charge in [-0.2, -0.15) is 0 Å². The quantitative estimate of drug-likeness (QED) is 0.714. The summed E-state index contributed by atoms with van der Waals surface area (Å²) in [4.78, 5) is 9.84. The Balaban J connectivity index is 2.05. The maximum Gasteiger partial charge on any atom is 0.417 e. The third-order valence-electron chi connectivity index (χ3n) is 2.58. The molecular weight excluding hydrogens is 200 g/mol. The molecule has 2 nitrogen and oxygen atoms in total. The molecule has 1 radical (unpaired) electrons. The molecule has 0 unspecified atom stereocenters. The average Bonchev–Trinajstić information content (AvgIpc) is 2.34. The average molecular weight is 213 g/mol. The summed E-state index contributed by atoms with van der Waals surface area (Å²) in [7, 11) is 0. The Bertz CT molecular complexity index is 477. The minimum atomic E-state index is 0.441. The van der Waals surface area contributed by atoms with Crippen molar-refractivity contribution < 1.29 is 9.53 Å². The number of hydrogen-bond donors (Lipinski definition) is 0. The second-order valence-electron chi connectivity index (χ2n) is 3.72. The van der Waals surface area contributed by atoms with E-state index in [9.17, 15) is 4.79 Å². The number of carbonyl (C=O) groups excluding carboxylic acids is 1. The van der Waals surface area contributed by atoms with Crippen LogP contribution >= 0.6 is 0 Å². The van der Waals surface area contributed by atoms with Crippen LogP contribution in [0.3, 0.4) is 0 Å². The minimum Gasteiger partial charge on any atom is -0.457 e. The van der Waals surface area contributed by atoms with E-state index in [4.69, 9.17) is 0 Å². The van der Waals surface area contributed by atoms with Gasteiger partial charge in [0.15, 0.2) is 0 Å². The minimum absolute atomic E-state index is 0.441. The topological polar surface area (TPSA) is 26.3 Å². The highest BCUT2D eigenvalue weighted by atomic mass is 16.5. The van der Waals surface area contributed by atoms with Crippen molar-refractivity contribution in [2.45, 2.75) is 12.8 Å². The van der Waals surface area contributed by atoms with Gasteiger partial charge in [0.05, 0.1) is 6.61 Å². The highest BCUT2D eigenvalue weighted by Gasteiger charge is 1.96. The summed E-state index contributed by atoms with van der Waals surface area (Å²) in [6.07, 6.45) is 1.76. The SMILES string of the molecule is O=[C]OCCCc1ccc2ccccc2c1. The molecule has 0 bridgehead atoms. The normalized spacial score (nSPS) is 10.2. The van der Waals surface area contributed by atoms with Crippen LogP contribution in [0.1, 0.15) is 12.0 Å². The van der Waals surface area contributed by atoms with Gasteiger partial charge in [0.25, 0.3) is 0 Å². The standard InChI is InChI=1S/C14H13O2/c15-11-16-9-3-4-12-7-8-13-5-1-2-6-14(13)10-12/h1-2,5-8,10H,3-4,9H2. The molecule has 2 heteroatoms. The summed E-state index contributed by atoms with van der Waals surface area (Å²) in [5.41, 5.74) is 1.27. The number of aryl methyl sites for hydroxylation is 1. The number of benzene rings is 2. The number of hydrogen-bond acceptors (Lipinski definition) is 2. The van der Waals surface area contributed by atoms with Crippen molar-refractivity contribution in [3.05, 3.63) is 48.0 Å². The molecule has 0 amide bonds. The Morgan fingerprint density at radius 2 is 1.88 bits per heavy atom. The fourth-order valence-corrected chi connectivity index (χ4v) is 1.78. The van der Waals surface area contributed by atoms with Gasteiger partial charge < -0.3 is 4.74 Å². The fraction of sp³-hybridized carbons (Fsp3) is 0.214. The van der Waals surface area contributed by atoms with E-state index >= 15 is 0 Å². The monoisotopic (exact) mass is 213 g/mol. The first kappa shape index (κ1) is 10.7. The Kier molecular flexibility index (Phi) is 3.54. The van der Waals surface area contributed by atoms with Crippen molar-refractivity contribution >= 4 is 17.2 Å². The van der Waals surface area contributed by atoms with Crippen LogP contribution in [-0.2, 0) is 16.0 Å². The predicted octanol–water partition coefficient (Wildman–Crippen LogP) is 2.86. The first-order chi connectivity index (χ1) is 7.90. The van der Waals surface area contributed by atoms with E-state index in [2.05, 4.69) is 35.1 Å². The zero-order valence-corrected chi connectivity index (χ0v) is 8.98. The molecule has 2 aromatic carbocycles. The summed E-state index contributed by atoms with van der Waals surface area (Å²) in [6.45, 7) is 1.87. The summed E-state index contributed by atoms with van der Waals surface area (Å²) < 4.78 is 4.54. The van der Waals surface area contributed by atoms with Crippen molar-refractivity contribution in [2.75, 3.05) is 6.61 Å². The molecule has 0 aliphatic heterocycles. The van der Waals surface area contributed by atoms with Crippen LogP contribution in [0.4, 0.5) is 0 Å². The number of ether oxygens (including phenoxy) is 1. The van der Waals surface area contributed by atoms with Gasteiger partial charge in [0, 0.05) is 0 Å². The van der Waals surface area contributed by atoms with Gasteiger partial charge in [-0.15, -0.1) is 0 Å². The second kappa shape index (κ2) is 5.31. The van der Waals surface area contributed by atoms with Crippen LogP contribution < -0.4 is 0 Å². The molecule has 0 saturated heterocycles. The summed E-state index contributed by atoms with van der Waals surface area (Å²) >= 11 is 0. The summed E-state index contributed by atoms with van der Waals surface area (Å²) in [5.74, 6) is 0. The van der Waals surface area contributed by atoms with Crippen LogP contribution in [0.2, 0.25) is 0 Å². The smallest absolute Gasteiger partial charge is 0.417 e. The maximum absolute atomic E-state index is 9.84. The second-order valence-corrected chi connectivity index (χ2v) is 3.72.